The van der Waals surface area contributed by atoms with Crippen LogP contribution >= 0.6 is 0 Å². The van der Waals surface area contributed by atoms with Gasteiger partial charge in [0.2, 0.25) is 5.91 Å². The van der Waals surface area contributed by atoms with Gasteiger partial charge in [-0.05, 0) is 31.4 Å². The maximum Gasteiger partial charge on any atom is 0.276 e. The summed E-state index contributed by atoms with van der Waals surface area (Å²) >= 11 is 0. The third-order valence-electron chi connectivity index (χ3n) is 5.38. The first-order valence-electron chi connectivity index (χ1n) is 8.71. The fourth-order valence-corrected chi connectivity index (χ4v) is 4.03. The number of ether oxygens (including phenoxy) is 1. The second kappa shape index (κ2) is 6.25. The average molecular weight is 355 g/mol. The highest BCUT2D eigenvalue weighted by atomic mass is 16.5. The first kappa shape index (κ1) is 16.8. The van der Waals surface area contributed by atoms with Gasteiger partial charge in [-0.2, -0.15) is 0 Å². The van der Waals surface area contributed by atoms with E-state index in [2.05, 4.69) is 10.5 Å². The van der Waals surface area contributed by atoms with Crippen LogP contribution in [-0.4, -0.2) is 42.1 Å². The van der Waals surface area contributed by atoms with Crippen molar-refractivity contribution in [2.45, 2.75) is 31.8 Å². The van der Waals surface area contributed by atoms with Gasteiger partial charge >= 0.3 is 0 Å². The maximum absolute atomic E-state index is 13.1. The number of hydrogen-bond acceptors (Lipinski definition) is 5. The van der Waals surface area contributed by atoms with Crippen molar-refractivity contribution in [3.8, 4) is 0 Å². The van der Waals surface area contributed by atoms with Crippen molar-refractivity contribution >= 4 is 17.5 Å². The van der Waals surface area contributed by atoms with Crippen molar-refractivity contribution in [1.82, 2.24) is 10.1 Å². The minimum Gasteiger partial charge on any atom is -0.380 e. The highest BCUT2D eigenvalue weighted by molar-refractivity contribution is 6.07. The maximum atomic E-state index is 13.1. The fourth-order valence-electron chi connectivity index (χ4n) is 4.03. The molecule has 0 aliphatic carbocycles. The summed E-state index contributed by atoms with van der Waals surface area (Å²) in [5, 5.41) is 6.90. The van der Waals surface area contributed by atoms with Gasteiger partial charge in [0.1, 0.15) is 5.76 Å². The zero-order valence-electron chi connectivity index (χ0n) is 14.9. The van der Waals surface area contributed by atoms with Crippen molar-refractivity contribution in [3.63, 3.8) is 0 Å². The van der Waals surface area contributed by atoms with E-state index >= 15 is 0 Å². The lowest BCUT2D eigenvalue weighted by atomic mass is 9.75. The molecule has 0 radical (unpaired) electrons. The Labute approximate surface area is 151 Å². The molecule has 1 aromatic heterocycles. The van der Waals surface area contributed by atoms with E-state index in [1.807, 2.05) is 24.3 Å². The molecule has 0 saturated carbocycles. The van der Waals surface area contributed by atoms with Crippen LogP contribution in [0.5, 0.6) is 0 Å². The van der Waals surface area contributed by atoms with E-state index in [-0.39, 0.29) is 24.1 Å². The lowest BCUT2D eigenvalue weighted by molar-refractivity contribution is -0.122. The summed E-state index contributed by atoms with van der Waals surface area (Å²) in [6.07, 6.45) is 1.48. The Kier molecular flexibility index (Phi) is 4.03. The molecule has 7 nitrogen and oxygen atoms in total. The predicted octanol–water partition coefficient (Wildman–Crippen LogP) is 2.26. The van der Waals surface area contributed by atoms with Crippen LogP contribution in [0.4, 0.5) is 5.69 Å². The zero-order valence-corrected chi connectivity index (χ0v) is 14.9. The van der Waals surface area contributed by atoms with Gasteiger partial charge in [0.25, 0.3) is 5.91 Å². The number of carbonyl (C=O) groups excluding carboxylic acids is 2. The molecule has 4 rings (SSSR count). The first-order chi connectivity index (χ1) is 12.6. The van der Waals surface area contributed by atoms with E-state index in [0.29, 0.717) is 24.4 Å². The Morgan fingerprint density at radius 3 is 3.04 bits per heavy atom. The number of para-hydroxylation sites is 1. The largest absolute Gasteiger partial charge is 0.380 e. The highest BCUT2D eigenvalue weighted by Crippen LogP contribution is 2.43. The number of nitrogens with zero attached hydrogens (tertiary/aromatic N) is 2. The molecule has 2 aliphatic heterocycles. The van der Waals surface area contributed by atoms with Crippen LogP contribution < -0.4 is 5.32 Å². The molecular weight excluding hydrogens is 334 g/mol. The van der Waals surface area contributed by atoms with Gasteiger partial charge in [0.15, 0.2) is 5.69 Å². The Balaban J connectivity index is 1.66. The van der Waals surface area contributed by atoms with Crippen LogP contribution in [0.15, 0.2) is 28.8 Å². The molecule has 2 amide bonds. The van der Waals surface area contributed by atoms with Crippen molar-refractivity contribution in [2.24, 2.45) is 0 Å². The second-order valence-corrected chi connectivity index (χ2v) is 6.91. The molecule has 7 heteroatoms. The third kappa shape index (κ3) is 2.42. The number of carbonyl (C=O) groups is 2. The Morgan fingerprint density at radius 2 is 2.23 bits per heavy atom. The summed E-state index contributed by atoms with van der Waals surface area (Å²) in [5.74, 6) is 0.320. The van der Waals surface area contributed by atoms with Crippen molar-refractivity contribution < 1.29 is 18.8 Å². The molecule has 2 aromatic rings. The van der Waals surface area contributed by atoms with Gasteiger partial charge in [-0.1, -0.05) is 23.4 Å². The first-order valence-corrected chi connectivity index (χ1v) is 8.71. The number of aromatic nitrogens is 1. The zero-order chi connectivity index (χ0) is 18.3. The van der Waals surface area contributed by atoms with Crippen LogP contribution in [0, 0.1) is 6.92 Å². The van der Waals surface area contributed by atoms with E-state index in [1.54, 1.807) is 18.9 Å². The molecule has 0 bridgehead atoms. The average Bonchev–Trinajstić information content (AvgIpc) is 3.14. The van der Waals surface area contributed by atoms with E-state index in [0.717, 1.165) is 24.1 Å². The smallest absolute Gasteiger partial charge is 0.276 e. The predicted molar refractivity (Wildman–Crippen MR) is 93.8 cm³/mol. The van der Waals surface area contributed by atoms with Gasteiger partial charge in [-0.25, -0.2) is 0 Å². The Hall–Kier alpha value is -2.67. The molecule has 1 atom stereocenters. The van der Waals surface area contributed by atoms with Gasteiger partial charge in [0, 0.05) is 25.9 Å². The summed E-state index contributed by atoms with van der Waals surface area (Å²) in [5.41, 5.74) is 2.05. The third-order valence-corrected chi connectivity index (χ3v) is 5.38. The number of likely N-dealkylation sites (tertiary alicyclic amines) is 1. The second-order valence-electron chi connectivity index (χ2n) is 6.91. The van der Waals surface area contributed by atoms with Gasteiger partial charge in [-0.15, -0.1) is 0 Å². The van der Waals surface area contributed by atoms with Gasteiger partial charge in [-0.3, -0.25) is 9.59 Å². The molecule has 1 saturated heterocycles. The number of fused-ring (bicyclic) bond motifs is 2. The SMILES string of the molecule is COCc1c(C(=O)N2CCCC3(C2)C(=O)Nc2ccccc23)noc1C. The molecular formula is C19H21N3O4. The Bertz CT molecular complexity index is 875. The molecule has 2 aliphatic rings. The molecule has 26 heavy (non-hydrogen) atoms. The van der Waals surface area contributed by atoms with Crippen LogP contribution in [0.1, 0.15) is 40.2 Å². The van der Waals surface area contributed by atoms with E-state index in [1.165, 1.54) is 0 Å². The van der Waals surface area contributed by atoms with Gasteiger partial charge in [0.05, 0.1) is 17.6 Å². The van der Waals surface area contributed by atoms with Crippen molar-refractivity contribution in [2.75, 3.05) is 25.5 Å². The van der Waals surface area contributed by atoms with Crippen LogP contribution in [0.2, 0.25) is 0 Å². The number of aryl methyl sites for hydroxylation is 1. The molecule has 1 aromatic carbocycles. The molecule has 1 unspecified atom stereocenters. The summed E-state index contributed by atoms with van der Waals surface area (Å²) in [6, 6.07) is 7.70. The summed E-state index contributed by atoms with van der Waals surface area (Å²) in [7, 11) is 1.57. The minimum absolute atomic E-state index is 0.0374. The standard InChI is InChI=1S/C19H21N3O4/c1-12-13(10-25-2)16(21-26-12)17(23)22-9-5-8-19(11-22)14-6-3-4-7-15(14)20-18(19)24/h3-4,6-7H,5,8-11H2,1-2H3,(H,20,24). The van der Waals surface area contributed by atoms with E-state index < -0.39 is 5.41 Å². The molecule has 1 N–H and O–H groups in total. The number of hydrogen-bond donors (Lipinski definition) is 1. The topological polar surface area (TPSA) is 84.7 Å². The fraction of sp³-hybridized carbons (Fsp3) is 0.421. The molecule has 3 heterocycles. The number of methoxy groups -OCH3 is 1. The summed E-state index contributed by atoms with van der Waals surface area (Å²) in [6.45, 7) is 2.95. The van der Waals surface area contributed by atoms with E-state index in [9.17, 15) is 9.59 Å². The number of amides is 2. The minimum atomic E-state index is -0.690. The van der Waals surface area contributed by atoms with Gasteiger partial charge < -0.3 is 19.5 Å². The normalized spacial score (nSPS) is 21.8. The molecule has 136 valence electrons. The van der Waals surface area contributed by atoms with Crippen LogP contribution in [-0.2, 0) is 21.6 Å². The summed E-state index contributed by atoms with van der Waals surface area (Å²) < 4.78 is 10.4. The van der Waals surface area contributed by atoms with Crippen molar-refractivity contribution in [3.05, 3.63) is 46.8 Å². The lowest BCUT2D eigenvalue weighted by Gasteiger charge is -2.38. The van der Waals surface area contributed by atoms with Crippen LogP contribution in [0.3, 0.4) is 0 Å². The number of nitrogens with one attached hydrogen (secondary N) is 1. The monoisotopic (exact) mass is 355 g/mol. The van der Waals surface area contributed by atoms with Crippen molar-refractivity contribution in [1.29, 1.82) is 0 Å². The number of benzene rings is 1. The summed E-state index contributed by atoms with van der Waals surface area (Å²) in [4.78, 5) is 27.6. The molecule has 1 spiro atoms. The lowest BCUT2D eigenvalue weighted by Crippen LogP contribution is -2.52. The van der Waals surface area contributed by atoms with Crippen LogP contribution in [0.25, 0.3) is 0 Å². The number of anilines is 1. The highest BCUT2D eigenvalue weighted by Gasteiger charge is 2.50. The quantitative estimate of drug-likeness (QED) is 0.913. The number of rotatable bonds is 3. The number of piperidine rings is 1. The Morgan fingerprint density at radius 1 is 1.42 bits per heavy atom. The van der Waals surface area contributed by atoms with E-state index in [4.69, 9.17) is 9.26 Å². The molecule has 1 fully saturated rings.